The number of hydrogen-bond acceptors (Lipinski definition) is 3. The third-order valence-electron chi connectivity index (χ3n) is 3.25. The third kappa shape index (κ3) is 1.76. The Morgan fingerprint density at radius 3 is 2.17 bits per heavy atom. The molecule has 0 atom stereocenters. The lowest BCUT2D eigenvalue weighted by Gasteiger charge is -2.36. The predicted octanol–water partition coefficient (Wildman–Crippen LogP) is 0.998. The Bertz CT molecular complexity index is 166. The van der Waals surface area contributed by atoms with Gasteiger partial charge in [0.15, 0.2) is 0 Å². The molecule has 0 bridgehead atoms. The van der Waals surface area contributed by atoms with Crippen molar-refractivity contribution in [3.8, 4) is 0 Å². The van der Waals surface area contributed by atoms with Crippen LogP contribution in [0.5, 0.6) is 0 Å². The quantitative estimate of drug-likeness (QED) is 0.408. The summed E-state index contributed by atoms with van der Waals surface area (Å²) < 4.78 is 2.42. The topological polar surface area (TPSA) is 32.5 Å². The van der Waals surface area contributed by atoms with Gasteiger partial charge in [0.05, 0.1) is 0 Å². The highest BCUT2D eigenvalue weighted by molar-refractivity contribution is 14.1. The highest BCUT2D eigenvalue weighted by atomic mass is 127. The smallest absolute Gasteiger partial charge is 0.0201 e. The van der Waals surface area contributed by atoms with Crippen LogP contribution in [0.25, 0.3) is 0 Å². The Morgan fingerprint density at radius 2 is 1.67 bits per heavy atom. The predicted molar refractivity (Wildman–Crippen MR) is 57.6 cm³/mol. The molecule has 1 spiro atoms. The van der Waals surface area contributed by atoms with Gasteiger partial charge in [-0.2, -0.15) is 0 Å². The SMILES string of the molecule is NN1CCC2(CC1)CCN(I)C2. The molecule has 0 unspecified atom stereocenters. The number of piperidine rings is 1. The number of hydrazine groups is 1. The molecule has 2 heterocycles. The molecule has 0 aromatic heterocycles. The van der Waals surface area contributed by atoms with E-state index in [2.05, 4.69) is 26.0 Å². The van der Waals surface area contributed by atoms with E-state index in [4.69, 9.17) is 5.84 Å². The van der Waals surface area contributed by atoms with E-state index in [1.54, 1.807) is 0 Å². The standard InChI is InChI=1S/C8H16IN3/c9-11-4-1-8(7-11)2-5-12(10)6-3-8/h1-7,10H2. The van der Waals surface area contributed by atoms with Gasteiger partial charge in [-0.15, -0.1) is 0 Å². The first-order valence-corrected chi connectivity index (χ1v) is 5.57. The minimum Gasteiger partial charge on any atom is -0.269 e. The number of nitrogens with zero attached hydrogens (tertiary/aromatic N) is 2. The fraction of sp³-hybridized carbons (Fsp3) is 1.00. The molecule has 2 saturated heterocycles. The maximum Gasteiger partial charge on any atom is 0.0201 e. The van der Waals surface area contributed by atoms with Gasteiger partial charge in [0.25, 0.3) is 0 Å². The molecule has 0 aromatic carbocycles. The van der Waals surface area contributed by atoms with Crippen LogP contribution in [-0.4, -0.2) is 34.3 Å². The Morgan fingerprint density at radius 1 is 1.08 bits per heavy atom. The molecule has 2 aliphatic heterocycles. The summed E-state index contributed by atoms with van der Waals surface area (Å²) in [5.74, 6) is 5.74. The molecular weight excluding hydrogens is 265 g/mol. The molecule has 0 aromatic rings. The molecule has 70 valence electrons. The molecular formula is C8H16IN3. The number of hydrogen-bond donors (Lipinski definition) is 1. The Kier molecular flexibility index (Phi) is 2.60. The molecule has 3 nitrogen and oxygen atoms in total. The number of nitrogens with two attached hydrogens (primary N) is 1. The minimum absolute atomic E-state index is 0.622. The first kappa shape index (κ1) is 9.18. The lowest BCUT2D eigenvalue weighted by Crippen LogP contribution is -2.44. The monoisotopic (exact) mass is 281 g/mol. The van der Waals surface area contributed by atoms with Crippen LogP contribution >= 0.6 is 22.9 Å². The molecule has 2 N–H and O–H groups in total. The van der Waals surface area contributed by atoms with Crippen molar-refractivity contribution in [3.05, 3.63) is 0 Å². The molecule has 2 rings (SSSR count). The van der Waals surface area contributed by atoms with Crippen molar-refractivity contribution in [1.82, 2.24) is 8.12 Å². The van der Waals surface area contributed by atoms with Gasteiger partial charge in [0.1, 0.15) is 0 Å². The van der Waals surface area contributed by atoms with Gasteiger partial charge >= 0.3 is 0 Å². The summed E-state index contributed by atoms with van der Waals surface area (Å²) in [6.45, 7) is 4.72. The molecule has 12 heavy (non-hydrogen) atoms. The zero-order valence-electron chi connectivity index (χ0n) is 7.30. The second-order valence-electron chi connectivity index (χ2n) is 4.13. The van der Waals surface area contributed by atoms with Crippen LogP contribution in [0.4, 0.5) is 0 Å². The van der Waals surface area contributed by atoms with Crippen molar-refractivity contribution in [1.29, 1.82) is 0 Å². The van der Waals surface area contributed by atoms with Crippen molar-refractivity contribution in [2.24, 2.45) is 11.3 Å². The van der Waals surface area contributed by atoms with Crippen LogP contribution in [0.1, 0.15) is 19.3 Å². The molecule has 0 aliphatic carbocycles. The first-order chi connectivity index (χ1) is 5.70. The summed E-state index contributed by atoms with van der Waals surface area (Å²) in [5, 5.41) is 1.96. The van der Waals surface area contributed by atoms with Gasteiger partial charge in [-0.05, 0) is 24.7 Å². The summed E-state index contributed by atoms with van der Waals surface area (Å²) in [6, 6.07) is 0. The van der Waals surface area contributed by atoms with Crippen LogP contribution in [0.3, 0.4) is 0 Å². The van der Waals surface area contributed by atoms with Gasteiger partial charge < -0.3 is 0 Å². The van der Waals surface area contributed by atoms with E-state index >= 15 is 0 Å². The van der Waals surface area contributed by atoms with Gasteiger partial charge in [0.2, 0.25) is 0 Å². The molecule has 0 saturated carbocycles. The van der Waals surface area contributed by atoms with Gasteiger partial charge in [-0.3, -0.25) is 5.84 Å². The van der Waals surface area contributed by atoms with Gasteiger partial charge in [0, 0.05) is 49.0 Å². The van der Waals surface area contributed by atoms with E-state index in [1.165, 1.54) is 32.4 Å². The molecule has 2 fully saturated rings. The van der Waals surface area contributed by atoms with Crippen molar-refractivity contribution in [2.75, 3.05) is 26.2 Å². The molecule has 2 aliphatic rings. The number of halogens is 1. The minimum atomic E-state index is 0.622. The van der Waals surface area contributed by atoms with E-state index in [1.807, 2.05) is 5.01 Å². The molecule has 0 radical (unpaired) electrons. The van der Waals surface area contributed by atoms with Crippen LogP contribution < -0.4 is 5.84 Å². The summed E-state index contributed by atoms with van der Waals surface area (Å²) in [7, 11) is 0. The van der Waals surface area contributed by atoms with Crippen LogP contribution in [0.15, 0.2) is 0 Å². The maximum absolute atomic E-state index is 5.74. The van der Waals surface area contributed by atoms with Crippen molar-refractivity contribution in [3.63, 3.8) is 0 Å². The van der Waals surface area contributed by atoms with Crippen LogP contribution in [0, 0.1) is 5.41 Å². The van der Waals surface area contributed by atoms with Crippen molar-refractivity contribution >= 4 is 22.9 Å². The van der Waals surface area contributed by atoms with Crippen molar-refractivity contribution < 1.29 is 0 Å². The maximum atomic E-state index is 5.74. The zero-order valence-corrected chi connectivity index (χ0v) is 9.46. The fourth-order valence-electron chi connectivity index (χ4n) is 2.29. The van der Waals surface area contributed by atoms with E-state index in [0.29, 0.717) is 5.41 Å². The average molecular weight is 281 g/mol. The largest absolute Gasteiger partial charge is 0.269 e. The zero-order chi connectivity index (χ0) is 8.60. The third-order valence-corrected chi connectivity index (χ3v) is 4.07. The average Bonchev–Trinajstić information content (AvgIpc) is 2.40. The van der Waals surface area contributed by atoms with Gasteiger partial charge in [-0.25, -0.2) is 8.12 Å². The van der Waals surface area contributed by atoms with E-state index < -0.39 is 0 Å². The normalized spacial score (nSPS) is 31.5. The first-order valence-electron chi connectivity index (χ1n) is 4.61. The summed E-state index contributed by atoms with van der Waals surface area (Å²) >= 11 is 2.44. The van der Waals surface area contributed by atoms with Crippen molar-refractivity contribution in [2.45, 2.75) is 19.3 Å². The lowest BCUT2D eigenvalue weighted by atomic mass is 9.78. The summed E-state index contributed by atoms with van der Waals surface area (Å²) in [6.07, 6.45) is 3.97. The van der Waals surface area contributed by atoms with E-state index in [-0.39, 0.29) is 0 Å². The molecule has 0 amide bonds. The highest BCUT2D eigenvalue weighted by Crippen LogP contribution is 2.40. The second-order valence-corrected chi connectivity index (χ2v) is 5.49. The van der Waals surface area contributed by atoms with Crippen LogP contribution in [-0.2, 0) is 0 Å². The molecule has 4 heteroatoms. The summed E-state index contributed by atoms with van der Waals surface area (Å²) in [4.78, 5) is 0. The Labute approximate surface area is 87.7 Å². The van der Waals surface area contributed by atoms with E-state index in [0.717, 1.165) is 13.1 Å². The van der Waals surface area contributed by atoms with Crippen LogP contribution in [0.2, 0.25) is 0 Å². The Hall–Kier alpha value is 0.610. The van der Waals surface area contributed by atoms with Gasteiger partial charge in [-0.1, -0.05) is 0 Å². The summed E-state index contributed by atoms with van der Waals surface area (Å²) in [5.41, 5.74) is 0.622. The van der Waals surface area contributed by atoms with E-state index in [9.17, 15) is 0 Å². The Balaban J connectivity index is 1.95. The second kappa shape index (κ2) is 3.40. The fourth-order valence-corrected chi connectivity index (χ4v) is 3.25. The number of rotatable bonds is 0. The highest BCUT2D eigenvalue weighted by Gasteiger charge is 2.39. The lowest BCUT2D eigenvalue weighted by molar-refractivity contribution is 0.117.